The Morgan fingerprint density at radius 3 is 2.93 bits per heavy atom. The lowest BCUT2D eigenvalue weighted by molar-refractivity contribution is -0.0164. The number of hydrogen-bond donors (Lipinski definition) is 1. The van der Waals surface area contributed by atoms with E-state index >= 15 is 0 Å². The lowest BCUT2D eigenvalue weighted by Gasteiger charge is -2.17. The van der Waals surface area contributed by atoms with Crippen molar-refractivity contribution >= 4 is 18.4 Å². The van der Waals surface area contributed by atoms with Gasteiger partial charge in [0.25, 0.3) is 0 Å². The van der Waals surface area contributed by atoms with Crippen molar-refractivity contribution in [2.75, 3.05) is 6.79 Å². The molecule has 1 aromatic rings. The van der Waals surface area contributed by atoms with Gasteiger partial charge >= 0.3 is 5.97 Å². The van der Waals surface area contributed by atoms with E-state index in [1.165, 1.54) is 6.07 Å². The van der Waals surface area contributed by atoms with E-state index in [1.54, 1.807) is 12.1 Å². The van der Waals surface area contributed by atoms with Gasteiger partial charge in [0.2, 0.25) is 0 Å². The second-order valence-electron chi connectivity index (χ2n) is 2.74. The van der Waals surface area contributed by atoms with Gasteiger partial charge in [0.05, 0.1) is 12.2 Å². The summed E-state index contributed by atoms with van der Waals surface area (Å²) in [6, 6.07) is 4.74. The van der Waals surface area contributed by atoms with E-state index in [1.807, 2.05) is 0 Å². The molecule has 2 rings (SSSR count). The molecule has 76 valence electrons. The molecule has 0 spiro atoms. The van der Waals surface area contributed by atoms with Gasteiger partial charge in [-0.25, -0.2) is 4.79 Å². The van der Waals surface area contributed by atoms with Gasteiger partial charge in [-0.1, -0.05) is 0 Å². The highest BCUT2D eigenvalue weighted by Gasteiger charge is 2.12. The van der Waals surface area contributed by atoms with Gasteiger partial charge in [-0.3, -0.25) is 0 Å². The number of halogens is 1. The standard InChI is InChI=1S/C9H8O4.ClH/c10-9(11)6-1-2-8-7(3-6)4-12-5-13-8;/h1-3H,4-5H2,(H,10,11);1H. The van der Waals surface area contributed by atoms with Crippen LogP contribution in [0.15, 0.2) is 18.2 Å². The summed E-state index contributed by atoms with van der Waals surface area (Å²) < 4.78 is 10.2. The Hall–Kier alpha value is -1.26. The number of hydrogen-bond acceptors (Lipinski definition) is 3. The second-order valence-corrected chi connectivity index (χ2v) is 2.74. The van der Waals surface area contributed by atoms with Crippen LogP contribution < -0.4 is 4.74 Å². The Kier molecular flexibility index (Phi) is 3.33. The topological polar surface area (TPSA) is 55.8 Å². The number of ether oxygens (including phenoxy) is 2. The van der Waals surface area contributed by atoms with Gasteiger partial charge in [0.15, 0.2) is 6.79 Å². The maximum absolute atomic E-state index is 10.6. The van der Waals surface area contributed by atoms with Crippen LogP contribution in [0.3, 0.4) is 0 Å². The van der Waals surface area contributed by atoms with E-state index in [9.17, 15) is 4.79 Å². The van der Waals surface area contributed by atoms with Gasteiger partial charge in [-0.05, 0) is 18.2 Å². The Balaban J connectivity index is 0.000000980. The van der Waals surface area contributed by atoms with Crippen LogP contribution in [-0.2, 0) is 11.3 Å². The van der Waals surface area contributed by atoms with Crippen molar-refractivity contribution < 1.29 is 19.4 Å². The van der Waals surface area contributed by atoms with Crippen molar-refractivity contribution in [3.63, 3.8) is 0 Å². The lowest BCUT2D eigenvalue weighted by atomic mass is 10.1. The quantitative estimate of drug-likeness (QED) is 0.776. The molecule has 5 heteroatoms. The van der Waals surface area contributed by atoms with Crippen molar-refractivity contribution in [1.82, 2.24) is 0 Å². The van der Waals surface area contributed by atoms with Crippen molar-refractivity contribution in [2.24, 2.45) is 0 Å². The third kappa shape index (κ3) is 1.97. The van der Waals surface area contributed by atoms with E-state index < -0.39 is 5.97 Å². The molecule has 1 heterocycles. The predicted molar refractivity (Wildman–Crippen MR) is 50.9 cm³/mol. The van der Waals surface area contributed by atoms with E-state index in [-0.39, 0.29) is 24.8 Å². The minimum absolute atomic E-state index is 0. The molecular weight excluding hydrogens is 208 g/mol. The third-order valence-electron chi connectivity index (χ3n) is 1.86. The maximum atomic E-state index is 10.6. The molecule has 1 aliphatic heterocycles. The first-order valence-corrected chi connectivity index (χ1v) is 3.84. The monoisotopic (exact) mass is 216 g/mol. The molecule has 0 aromatic heterocycles. The highest BCUT2D eigenvalue weighted by Crippen LogP contribution is 2.24. The van der Waals surface area contributed by atoms with Gasteiger partial charge in [-0.2, -0.15) is 0 Å². The molecule has 1 aromatic carbocycles. The molecule has 0 radical (unpaired) electrons. The van der Waals surface area contributed by atoms with Gasteiger partial charge in [0, 0.05) is 5.56 Å². The SMILES string of the molecule is Cl.O=C(O)c1ccc2c(c1)COCO2. The molecule has 1 N–H and O–H groups in total. The van der Waals surface area contributed by atoms with E-state index in [2.05, 4.69) is 0 Å². The molecule has 0 fully saturated rings. The Bertz CT molecular complexity index is 351. The van der Waals surface area contributed by atoms with Gasteiger partial charge in [0.1, 0.15) is 5.75 Å². The fraction of sp³-hybridized carbons (Fsp3) is 0.222. The molecular formula is C9H9ClO4. The van der Waals surface area contributed by atoms with E-state index in [0.717, 1.165) is 5.56 Å². The van der Waals surface area contributed by atoms with E-state index in [4.69, 9.17) is 14.6 Å². The van der Waals surface area contributed by atoms with Crippen LogP contribution in [0, 0.1) is 0 Å². The number of carbonyl (C=O) groups is 1. The molecule has 0 atom stereocenters. The largest absolute Gasteiger partial charge is 0.478 e. The molecule has 0 aliphatic carbocycles. The molecule has 1 aliphatic rings. The number of carboxylic acids is 1. The van der Waals surface area contributed by atoms with Gasteiger partial charge in [-0.15, -0.1) is 12.4 Å². The van der Waals surface area contributed by atoms with Crippen LogP contribution >= 0.6 is 12.4 Å². The minimum Gasteiger partial charge on any atom is -0.478 e. The first-order chi connectivity index (χ1) is 6.27. The average molecular weight is 217 g/mol. The third-order valence-corrected chi connectivity index (χ3v) is 1.86. The normalized spacial score (nSPS) is 13.4. The smallest absolute Gasteiger partial charge is 0.335 e. The van der Waals surface area contributed by atoms with Crippen LogP contribution in [0.5, 0.6) is 5.75 Å². The Labute approximate surface area is 86.9 Å². The van der Waals surface area contributed by atoms with Crippen LogP contribution in [0.2, 0.25) is 0 Å². The van der Waals surface area contributed by atoms with Crippen molar-refractivity contribution in [1.29, 1.82) is 0 Å². The zero-order valence-corrected chi connectivity index (χ0v) is 8.04. The Morgan fingerprint density at radius 2 is 2.21 bits per heavy atom. The van der Waals surface area contributed by atoms with E-state index in [0.29, 0.717) is 12.4 Å². The molecule has 0 bridgehead atoms. The van der Waals surface area contributed by atoms with Crippen LogP contribution in [0.25, 0.3) is 0 Å². The van der Waals surface area contributed by atoms with Crippen LogP contribution in [-0.4, -0.2) is 17.9 Å². The van der Waals surface area contributed by atoms with Gasteiger partial charge < -0.3 is 14.6 Å². The Morgan fingerprint density at radius 1 is 1.43 bits per heavy atom. The first kappa shape index (κ1) is 10.8. The summed E-state index contributed by atoms with van der Waals surface area (Å²) in [6.45, 7) is 0.649. The number of fused-ring (bicyclic) bond motifs is 1. The summed E-state index contributed by atoms with van der Waals surface area (Å²) >= 11 is 0. The summed E-state index contributed by atoms with van der Waals surface area (Å²) in [6.07, 6.45) is 0. The summed E-state index contributed by atoms with van der Waals surface area (Å²) in [4.78, 5) is 10.6. The van der Waals surface area contributed by atoms with Crippen molar-refractivity contribution in [3.8, 4) is 5.75 Å². The number of benzene rings is 1. The maximum Gasteiger partial charge on any atom is 0.335 e. The molecule has 0 saturated heterocycles. The fourth-order valence-electron chi connectivity index (χ4n) is 1.22. The summed E-state index contributed by atoms with van der Waals surface area (Å²) in [5.41, 5.74) is 1.04. The summed E-state index contributed by atoms with van der Waals surface area (Å²) in [5, 5.41) is 8.70. The zero-order valence-electron chi connectivity index (χ0n) is 7.23. The molecule has 14 heavy (non-hydrogen) atoms. The highest BCUT2D eigenvalue weighted by molar-refractivity contribution is 5.88. The summed E-state index contributed by atoms with van der Waals surface area (Å²) in [5.74, 6) is -0.232. The lowest BCUT2D eigenvalue weighted by Crippen LogP contribution is -2.12. The molecule has 4 nitrogen and oxygen atoms in total. The summed E-state index contributed by atoms with van der Waals surface area (Å²) in [7, 11) is 0. The predicted octanol–water partition coefficient (Wildman–Crippen LogP) is 1.67. The fourth-order valence-corrected chi connectivity index (χ4v) is 1.22. The number of aromatic carboxylic acids is 1. The highest BCUT2D eigenvalue weighted by atomic mass is 35.5. The molecule has 0 unspecified atom stereocenters. The molecule has 0 amide bonds. The van der Waals surface area contributed by atoms with Crippen molar-refractivity contribution in [3.05, 3.63) is 29.3 Å². The minimum atomic E-state index is -0.937. The molecule has 0 saturated carbocycles. The average Bonchev–Trinajstić information content (AvgIpc) is 2.17. The number of carboxylic acid groups (broad SMARTS) is 1. The first-order valence-electron chi connectivity index (χ1n) is 3.84. The zero-order chi connectivity index (χ0) is 9.26. The second kappa shape index (κ2) is 4.30. The van der Waals surface area contributed by atoms with Crippen LogP contribution in [0.1, 0.15) is 15.9 Å². The van der Waals surface area contributed by atoms with Crippen molar-refractivity contribution in [2.45, 2.75) is 6.61 Å². The van der Waals surface area contributed by atoms with Crippen LogP contribution in [0.4, 0.5) is 0 Å². The number of rotatable bonds is 1.